The molecule has 0 bridgehead atoms. The third kappa shape index (κ3) is 4.34. The Morgan fingerprint density at radius 2 is 2.06 bits per heavy atom. The van der Waals surface area contributed by atoms with Crippen LogP contribution in [0, 0.1) is 11.7 Å². The summed E-state index contributed by atoms with van der Waals surface area (Å²) in [6.45, 7) is 5.93. The largest absolute Gasteiger partial charge is 0.329 e. The van der Waals surface area contributed by atoms with Crippen molar-refractivity contribution in [2.75, 3.05) is 20.1 Å². The summed E-state index contributed by atoms with van der Waals surface area (Å²) in [5.41, 5.74) is 6.91. The number of halogens is 2. The van der Waals surface area contributed by atoms with Gasteiger partial charge in [-0.2, -0.15) is 0 Å². The number of benzene rings is 1. The van der Waals surface area contributed by atoms with E-state index < -0.39 is 0 Å². The molecule has 0 aliphatic heterocycles. The van der Waals surface area contributed by atoms with Crippen LogP contribution in [0.5, 0.6) is 0 Å². The molecule has 0 heterocycles. The number of likely N-dealkylation sites (N-methyl/N-ethyl adjacent to an activating group) is 1. The van der Waals surface area contributed by atoms with Crippen LogP contribution in [0.4, 0.5) is 4.39 Å². The highest BCUT2D eigenvalue weighted by Crippen LogP contribution is 2.27. The molecule has 1 aromatic rings. The summed E-state index contributed by atoms with van der Waals surface area (Å²) < 4.78 is 13.9. The Morgan fingerprint density at radius 3 is 2.56 bits per heavy atom. The molecule has 18 heavy (non-hydrogen) atoms. The van der Waals surface area contributed by atoms with Gasteiger partial charge in [-0.25, -0.2) is 4.39 Å². The highest BCUT2D eigenvalue weighted by Gasteiger charge is 2.18. The monoisotopic (exact) mass is 316 g/mol. The summed E-state index contributed by atoms with van der Waals surface area (Å²) in [6, 6.07) is 4.91. The predicted octanol–water partition coefficient (Wildman–Crippen LogP) is 3.57. The van der Waals surface area contributed by atoms with Gasteiger partial charge in [-0.15, -0.1) is 0 Å². The van der Waals surface area contributed by atoms with Gasteiger partial charge in [-0.05, 0) is 43.6 Å². The Hall–Kier alpha value is -0.450. The Bertz CT molecular complexity index is 382. The Labute approximate surface area is 117 Å². The first-order valence-electron chi connectivity index (χ1n) is 6.31. The first-order chi connectivity index (χ1) is 8.45. The SMILES string of the molecule is CC(C)CCN(C)C(CN)c1ccc(F)cc1Br. The summed E-state index contributed by atoms with van der Waals surface area (Å²) >= 11 is 3.41. The quantitative estimate of drug-likeness (QED) is 0.869. The average molecular weight is 317 g/mol. The van der Waals surface area contributed by atoms with E-state index >= 15 is 0 Å². The van der Waals surface area contributed by atoms with Crippen molar-refractivity contribution in [3.8, 4) is 0 Å². The van der Waals surface area contributed by atoms with Crippen LogP contribution in [-0.4, -0.2) is 25.0 Å². The molecule has 102 valence electrons. The van der Waals surface area contributed by atoms with E-state index in [9.17, 15) is 4.39 Å². The van der Waals surface area contributed by atoms with Crippen LogP contribution < -0.4 is 5.73 Å². The molecule has 0 radical (unpaired) electrons. The molecule has 0 fully saturated rings. The number of nitrogens with two attached hydrogens (primary N) is 1. The molecule has 0 saturated heterocycles. The van der Waals surface area contributed by atoms with E-state index in [4.69, 9.17) is 5.73 Å². The lowest BCUT2D eigenvalue weighted by atomic mass is 10.0. The van der Waals surface area contributed by atoms with E-state index in [1.165, 1.54) is 12.1 Å². The fraction of sp³-hybridized carbons (Fsp3) is 0.571. The molecule has 0 saturated carbocycles. The van der Waals surface area contributed by atoms with Gasteiger partial charge in [-0.1, -0.05) is 35.8 Å². The predicted molar refractivity (Wildman–Crippen MR) is 78.0 cm³/mol. The molecule has 0 aliphatic rings. The van der Waals surface area contributed by atoms with E-state index in [-0.39, 0.29) is 11.9 Å². The van der Waals surface area contributed by atoms with Gasteiger partial charge in [0, 0.05) is 17.1 Å². The zero-order chi connectivity index (χ0) is 13.7. The first-order valence-corrected chi connectivity index (χ1v) is 7.10. The van der Waals surface area contributed by atoms with E-state index in [1.807, 2.05) is 6.07 Å². The second-order valence-corrected chi connectivity index (χ2v) is 5.93. The zero-order valence-electron chi connectivity index (χ0n) is 11.3. The van der Waals surface area contributed by atoms with Crippen molar-refractivity contribution in [3.63, 3.8) is 0 Å². The molecule has 2 nitrogen and oxygen atoms in total. The van der Waals surface area contributed by atoms with Crippen LogP contribution in [0.1, 0.15) is 31.9 Å². The molecule has 4 heteroatoms. The lowest BCUT2D eigenvalue weighted by Crippen LogP contribution is -2.32. The zero-order valence-corrected chi connectivity index (χ0v) is 12.9. The maximum absolute atomic E-state index is 13.1. The minimum Gasteiger partial charge on any atom is -0.329 e. The summed E-state index contributed by atoms with van der Waals surface area (Å²) in [4.78, 5) is 2.23. The third-order valence-corrected chi connectivity index (χ3v) is 3.82. The van der Waals surface area contributed by atoms with Crippen molar-refractivity contribution in [1.82, 2.24) is 4.90 Å². The molecule has 0 aromatic heterocycles. The van der Waals surface area contributed by atoms with Crippen LogP contribution >= 0.6 is 15.9 Å². The lowest BCUT2D eigenvalue weighted by molar-refractivity contribution is 0.235. The second kappa shape index (κ2) is 7.22. The van der Waals surface area contributed by atoms with Crippen molar-refractivity contribution in [2.24, 2.45) is 11.7 Å². The minimum atomic E-state index is -0.230. The van der Waals surface area contributed by atoms with Crippen LogP contribution in [-0.2, 0) is 0 Å². The van der Waals surface area contributed by atoms with Gasteiger partial charge in [0.2, 0.25) is 0 Å². The Morgan fingerprint density at radius 1 is 1.39 bits per heavy atom. The number of rotatable bonds is 6. The van der Waals surface area contributed by atoms with Gasteiger partial charge < -0.3 is 5.73 Å². The standard InChI is InChI=1S/C14H22BrFN2/c1-10(2)6-7-18(3)14(9-17)12-5-4-11(16)8-13(12)15/h4-5,8,10,14H,6-7,9,17H2,1-3H3. The topological polar surface area (TPSA) is 29.3 Å². The molecule has 0 amide bonds. The Balaban J connectivity index is 2.81. The third-order valence-electron chi connectivity index (χ3n) is 3.14. The van der Waals surface area contributed by atoms with Crippen LogP contribution in [0.2, 0.25) is 0 Å². The normalized spacial score (nSPS) is 13.3. The van der Waals surface area contributed by atoms with E-state index in [2.05, 4.69) is 41.7 Å². The van der Waals surface area contributed by atoms with Gasteiger partial charge in [0.1, 0.15) is 5.82 Å². The molecule has 0 spiro atoms. The van der Waals surface area contributed by atoms with Gasteiger partial charge in [0.15, 0.2) is 0 Å². The van der Waals surface area contributed by atoms with Crippen LogP contribution in [0.15, 0.2) is 22.7 Å². The summed E-state index contributed by atoms with van der Waals surface area (Å²) in [6.07, 6.45) is 1.13. The first kappa shape index (κ1) is 15.6. The smallest absolute Gasteiger partial charge is 0.124 e. The second-order valence-electron chi connectivity index (χ2n) is 5.08. The lowest BCUT2D eigenvalue weighted by Gasteiger charge is -2.28. The minimum absolute atomic E-state index is 0.124. The number of hydrogen-bond donors (Lipinski definition) is 1. The summed E-state index contributed by atoms with van der Waals surface area (Å²) in [5.74, 6) is 0.439. The molecule has 1 unspecified atom stereocenters. The highest BCUT2D eigenvalue weighted by atomic mass is 79.9. The van der Waals surface area contributed by atoms with Gasteiger partial charge in [0.05, 0.1) is 0 Å². The van der Waals surface area contributed by atoms with Crippen molar-refractivity contribution in [2.45, 2.75) is 26.3 Å². The van der Waals surface area contributed by atoms with Gasteiger partial charge in [-0.3, -0.25) is 4.90 Å². The molecule has 2 N–H and O–H groups in total. The van der Waals surface area contributed by atoms with E-state index in [0.29, 0.717) is 12.5 Å². The molecular formula is C14H22BrFN2. The fourth-order valence-electron chi connectivity index (χ4n) is 1.93. The molecule has 0 aliphatic carbocycles. The van der Waals surface area contributed by atoms with E-state index in [0.717, 1.165) is 23.0 Å². The van der Waals surface area contributed by atoms with Crippen molar-refractivity contribution < 1.29 is 4.39 Å². The van der Waals surface area contributed by atoms with Crippen LogP contribution in [0.25, 0.3) is 0 Å². The van der Waals surface area contributed by atoms with E-state index in [1.54, 1.807) is 0 Å². The molecule has 1 aromatic carbocycles. The molecule has 1 rings (SSSR count). The van der Waals surface area contributed by atoms with Crippen molar-refractivity contribution >= 4 is 15.9 Å². The van der Waals surface area contributed by atoms with Gasteiger partial charge in [0.25, 0.3) is 0 Å². The average Bonchev–Trinajstić information content (AvgIpc) is 2.30. The fourth-order valence-corrected chi connectivity index (χ4v) is 2.55. The van der Waals surface area contributed by atoms with Crippen molar-refractivity contribution in [3.05, 3.63) is 34.1 Å². The number of nitrogens with zero attached hydrogens (tertiary/aromatic N) is 1. The highest BCUT2D eigenvalue weighted by molar-refractivity contribution is 9.10. The molecular weight excluding hydrogens is 295 g/mol. The van der Waals surface area contributed by atoms with Crippen molar-refractivity contribution in [1.29, 1.82) is 0 Å². The maximum Gasteiger partial charge on any atom is 0.124 e. The van der Waals surface area contributed by atoms with Crippen LogP contribution in [0.3, 0.4) is 0 Å². The summed E-state index contributed by atoms with van der Waals surface area (Å²) in [5, 5.41) is 0. The summed E-state index contributed by atoms with van der Waals surface area (Å²) in [7, 11) is 2.07. The molecule has 1 atom stereocenters. The Kier molecular flexibility index (Phi) is 6.26. The van der Waals surface area contributed by atoms with Gasteiger partial charge >= 0.3 is 0 Å². The number of hydrogen-bond acceptors (Lipinski definition) is 2. The maximum atomic E-state index is 13.1.